The number of carboxylic acid groups (broad SMARTS) is 1. The van der Waals surface area contributed by atoms with Gasteiger partial charge in [-0.05, 0) is 37.2 Å². The highest BCUT2D eigenvalue weighted by atomic mass is 79.9. The van der Waals surface area contributed by atoms with Crippen LogP contribution in [0.2, 0.25) is 0 Å². The lowest BCUT2D eigenvalue weighted by molar-refractivity contribution is -0.138. The van der Waals surface area contributed by atoms with E-state index in [2.05, 4.69) is 15.9 Å². The molecule has 0 radical (unpaired) electrons. The molecule has 0 bridgehead atoms. The zero-order valence-electron chi connectivity index (χ0n) is 10.5. The average Bonchev–Trinajstić information content (AvgIpc) is 2.29. The summed E-state index contributed by atoms with van der Waals surface area (Å²) in [6, 6.07) is 4.45. The summed E-state index contributed by atoms with van der Waals surface area (Å²) in [7, 11) is 0. The second kappa shape index (κ2) is 6.85. The number of halogens is 2. The average molecular weight is 318 g/mol. The Hall–Kier alpha value is -0.940. The molecule has 1 aromatic rings. The molecule has 18 heavy (non-hydrogen) atoms. The predicted octanol–water partition coefficient (Wildman–Crippen LogP) is 3.27. The first kappa shape index (κ1) is 15.1. The van der Waals surface area contributed by atoms with Crippen LogP contribution in [0.3, 0.4) is 0 Å². The molecule has 0 heterocycles. The highest BCUT2D eigenvalue weighted by Gasteiger charge is 2.16. The summed E-state index contributed by atoms with van der Waals surface area (Å²) in [5, 5.41) is 8.80. The van der Waals surface area contributed by atoms with Crippen LogP contribution in [0.5, 0.6) is 0 Å². The zero-order chi connectivity index (χ0) is 13.7. The van der Waals surface area contributed by atoms with E-state index in [9.17, 15) is 9.18 Å². The maximum absolute atomic E-state index is 13.2. The molecular formula is C13H17BrFNO2. The van der Waals surface area contributed by atoms with Gasteiger partial charge in [-0.3, -0.25) is 9.69 Å². The molecule has 0 amide bonds. The van der Waals surface area contributed by atoms with Crippen LogP contribution >= 0.6 is 15.9 Å². The van der Waals surface area contributed by atoms with Gasteiger partial charge in [0.25, 0.3) is 0 Å². The summed E-state index contributed by atoms with van der Waals surface area (Å²) in [6.45, 7) is 5.08. The first-order valence-electron chi connectivity index (χ1n) is 5.83. The number of nitrogens with zero attached hydrogens (tertiary/aromatic N) is 1. The summed E-state index contributed by atoms with van der Waals surface area (Å²) in [6.07, 6.45) is 0.0841. The Balaban J connectivity index is 2.79. The molecule has 1 rings (SSSR count). The van der Waals surface area contributed by atoms with Crippen molar-refractivity contribution in [3.05, 3.63) is 34.1 Å². The second-order valence-electron chi connectivity index (χ2n) is 4.25. The highest BCUT2D eigenvalue weighted by Crippen LogP contribution is 2.21. The Morgan fingerprint density at radius 1 is 1.56 bits per heavy atom. The number of rotatable bonds is 6. The normalized spacial score (nSPS) is 12.7. The molecule has 0 saturated heterocycles. The lowest BCUT2D eigenvalue weighted by Gasteiger charge is -2.27. The number of benzene rings is 1. The Labute approximate surface area is 115 Å². The van der Waals surface area contributed by atoms with Crippen molar-refractivity contribution in [3.63, 3.8) is 0 Å². The minimum Gasteiger partial charge on any atom is -0.481 e. The van der Waals surface area contributed by atoms with E-state index in [1.807, 2.05) is 18.7 Å². The molecule has 1 N–H and O–H groups in total. The van der Waals surface area contributed by atoms with E-state index in [1.165, 1.54) is 12.1 Å². The van der Waals surface area contributed by atoms with Gasteiger partial charge in [0.1, 0.15) is 5.82 Å². The van der Waals surface area contributed by atoms with E-state index < -0.39 is 5.97 Å². The van der Waals surface area contributed by atoms with Gasteiger partial charge in [-0.15, -0.1) is 0 Å². The number of hydrogen-bond acceptors (Lipinski definition) is 2. The van der Waals surface area contributed by atoms with E-state index >= 15 is 0 Å². The molecule has 1 aromatic carbocycles. The predicted molar refractivity (Wildman–Crippen MR) is 71.9 cm³/mol. The number of hydrogen-bond donors (Lipinski definition) is 1. The van der Waals surface area contributed by atoms with Crippen molar-refractivity contribution in [3.8, 4) is 0 Å². The summed E-state index contributed by atoms with van der Waals surface area (Å²) in [5.41, 5.74) is 0.828. The monoisotopic (exact) mass is 317 g/mol. The lowest BCUT2D eigenvalue weighted by Crippen LogP contribution is -2.34. The number of carbonyl (C=O) groups is 1. The van der Waals surface area contributed by atoms with E-state index in [0.717, 1.165) is 16.6 Å². The number of aliphatic carboxylic acids is 1. The fraction of sp³-hybridized carbons (Fsp3) is 0.462. The molecule has 0 aliphatic heterocycles. The van der Waals surface area contributed by atoms with Crippen LogP contribution in [0.15, 0.2) is 22.7 Å². The molecular weight excluding hydrogens is 301 g/mol. The fourth-order valence-corrected chi connectivity index (χ4v) is 2.22. The summed E-state index contributed by atoms with van der Waals surface area (Å²) >= 11 is 3.38. The van der Waals surface area contributed by atoms with Crippen molar-refractivity contribution in [2.75, 3.05) is 6.54 Å². The van der Waals surface area contributed by atoms with Crippen molar-refractivity contribution in [2.24, 2.45) is 0 Å². The van der Waals surface area contributed by atoms with E-state index in [0.29, 0.717) is 6.54 Å². The molecule has 0 fully saturated rings. The van der Waals surface area contributed by atoms with Gasteiger partial charge in [-0.1, -0.05) is 22.9 Å². The zero-order valence-corrected chi connectivity index (χ0v) is 12.1. The molecule has 3 nitrogen and oxygen atoms in total. The van der Waals surface area contributed by atoms with Gasteiger partial charge in [0.2, 0.25) is 0 Å². The smallest absolute Gasteiger partial charge is 0.304 e. The lowest BCUT2D eigenvalue weighted by atomic mass is 10.1. The van der Waals surface area contributed by atoms with Crippen LogP contribution in [-0.4, -0.2) is 28.6 Å². The molecule has 0 aromatic heterocycles. The standard InChI is InChI=1S/C13H17BrFNO2/c1-3-16(9(2)6-13(17)18)8-10-7-11(15)4-5-12(10)14/h4-5,7,9H,3,6,8H2,1-2H3,(H,17,18). The van der Waals surface area contributed by atoms with Crippen LogP contribution in [-0.2, 0) is 11.3 Å². The third-order valence-corrected chi connectivity index (χ3v) is 3.65. The summed E-state index contributed by atoms with van der Waals surface area (Å²) in [4.78, 5) is 12.7. The molecule has 1 atom stereocenters. The van der Waals surface area contributed by atoms with E-state index in [-0.39, 0.29) is 18.3 Å². The van der Waals surface area contributed by atoms with Crippen molar-refractivity contribution < 1.29 is 14.3 Å². The van der Waals surface area contributed by atoms with Crippen molar-refractivity contribution in [1.29, 1.82) is 0 Å². The SMILES string of the molecule is CCN(Cc1cc(F)ccc1Br)C(C)CC(=O)O. The van der Waals surface area contributed by atoms with Crippen LogP contribution in [0, 0.1) is 5.82 Å². The molecule has 0 aliphatic rings. The van der Waals surface area contributed by atoms with Crippen molar-refractivity contribution in [2.45, 2.75) is 32.9 Å². The Morgan fingerprint density at radius 3 is 2.78 bits per heavy atom. The van der Waals surface area contributed by atoms with Gasteiger partial charge in [-0.25, -0.2) is 4.39 Å². The van der Waals surface area contributed by atoms with Gasteiger partial charge in [-0.2, -0.15) is 0 Å². The van der Waals surface area contributed by atoms with Crippen LogP contribution in [0.25, 0.3) is 0 Å². The maximum Gasteiger partial charge on any atom is 0.304 e. The first-order chi connectivity index (χ1) is 8.43. The first-order valence-corrected chi connectivity index (χ1v) is 6.63. The van der Waals surface area contributed by atoms with Crippen LogP contribution < -0.4 is 0 Å². The fourth-order valence-electron chi connectivity index (χ4n) is 1.84. The summed E-state index contributed by atoms with van der Waals surface area (Å²) in [5.74, 6) is -1.10. The molecule has 5 heteroatoms. The highest BCUT2D eigenvalue weighted by molar-refractivity contribution is 9.10. The largest absolute Gasteiger partial charge is 0.481 e. The minimum atomic E-state index is -0.820. The minimum absolute atomic E-state index is 0.0809. The molecule has 0 aliphatic carbocycles. The number of carboxylic acids is 1. The molecule has 100 valence electrons. The Morgan fingerprint density at radius 2 is 2.22 bits per heavy atom. The topological polar surface area (TPSA) is 40.5 Å². The summed E-state index contributed by atoms with van der Waals surface area (Å²) < 4.78 is 14.0. The Kier molecular flexibility index (Phi) is 5.75. The van der Waals surface area contributed by atoms with Crippen molar-refractivity contribution in [1.82, 2.24) is 4.90 Å². The maximum atomic E-state index is 13.2. The Bertz CT molecular complexity index is 425. The second-order valence-corrected chi connectivity index (χ2v) is 5.10. The molecule has 0 saturated carbocycles. The third-order valence-electron chi connectivity index (χ3n) is 2.88. The van der Waals surface area contributed by atoms with Gasteiger partial charge in [0, 0.05) is 17.1 Å². The van der Waals surface area contributed by atoms with Crippen molar-refractivity contribution >= 4 is 21.9 Å². The van der Waals surface area contributed by atoms with E-state index in [4.69, 9.17) is 5.11 Å². The van der Waals surface area contributed by atoms with Crippen LogP contribution in [0.1, 0.15) is 25.8 Å². The molecule has 1 unspecified atom stereocenters. The van der Waals surface area contributed by atoms with Gasteiger partial charge in [0.05, 0.1) is 6.42 Å². The quantitative estimate of drug-likeness (QED) is 0.875. The molecule has 0 spiro atoms. The third kappa shape index (κ3) is 4.38. The van der Waals surface area contributed by atoms with Gasteiger partial charge in [0.15, 0.2) is 0 Å². The van der Waals surface area contributed by atoms with Gasteiger partial charge < -0.3 is 5.11 Å². The van der Waals surface area contributed by atoms with Gasteiger partial charge >= 0.3 is 5.97 Å². The van der Waals surface area contributed by atoms with E-state index in [1.54, 1.807) is 6.07 Å². The van der Waals surface area contributed by atoms with Crippen LogP contribution in [0.4, 0.5) is 4.39 Å².